The molecule has 2 heterocycles. The summed E-state index contributed by atoms with van der Waals surface area (Å²) in [5, 5.41) is 10.9. The van der Waals surface area contributed by atoms with E-state index in [1.807, 2.05) is 48.5 Å². The standard InChI is InChI=1S/C20H15N3O3S/c24-18(13-27-16-8-2-1-3-9-16)21-15-7-4-6-14(12-15)19-22-23-20(26-19)17-10-5-11-25-17/h1-12H,13H2,(H,21,24). The Bertz CT molecular complexity index is 1030. The molecule has 1 N–H and O–H groups in total. The fourth-order valence-electron chi connectivity index (χ4n) is 2.43. The van der Waals surface area contributed by atoms with Crippen molar-refractivity contribution in [2.24, 2.45) is 0 Å². The zero-order valence-electron chi connectivity index (χ0n) is 14.2. The number of rotatable bonds is 6. The molecule has 7 heteroatoms. The number of furan rings is 1. The first kappa shape index (κ1) is 17.1. The van der Waals surface area contributed by atoms with Crippen LogP contribution in [-0.4, -0.2) is 21.9 Å². The van der Waals surface area contributed by atoms with Crippen LogP contribution >= 0.6 is 11.8 Å². The minimum absolute atomic E-state index is 0.0807. The molecule has 0 radical (unpaired) electrons. The van der Waals surface area contributed by atoms with Crippen LogP contribution in [0, 0.1) is 0 Å². The summed E-state index contributed by atoms with van der Waals surface area (Å²) >= 11 is 1.49. The Morgan fingerprint density at radius 1 is 0.963 bits per heavy atom. The number of hydrogen-bond acceptors (Lipinski definition) is 6. The zero-order valence-corrected chi connectivity index (χ0v) is 15.0. The normalized spacial score (nSPS) is 10.7. The predicted molar refractivity (Wildman–Crippen MR) is 103 cm³/mol. The van der Waals surface area contributed by atoms with Crippen molar-refractivity contribution in [2.75, 3.05) is 11.1 Å². The van der Waals surface area contributed by atoms with Gasteiger partial charge in [-0.3, -0.25) is 4.79 Å². The minimum Gasteiger partial charge on any atom is -0.459 e. The second-order valence-corrected chi connectivity index (χ2v) is 6.67. The lowest BCUT2D eigenvalue weighted by Crippen LogP contribution is -2.13. The number of nitrogens with zero attached hydrogens (tertiary/aromatic N) is 2. The lowest BCUT2D eigenvalue weighted by Gasteiger charge is -2.06. The second kappa shape index (κ2) is 7.92. The van der Waals surface area contributed by atoms with E-state index in [2.05, 4.69) is 15.5 Å². The van der Waals surface area contributed by atoms with E-state index in [-0.39, 0.29) is 5.91 Å². The largest absolute Gasteiger partial charge is 0.459 e. The summed E-state index contributed by atoms with van der Waals surface area (Å²) in [7, 11) is 0. The van der Waals surface area contributed by atoms with Crippen LogP contribution in [-0.2, 0) is 4.79 Å². The highest BCUT2D eigenvalue weighted by molar-refractivity contribution is 8.00. The maximum atomic E-state index is 12.2. The van der Waals surface area contributed by atoms with Crippen molar-refractivity contribution < 1.29 is 13.6 Å². The monoisotopic (exact) mass is 377 g/mol. The quantitative estimate of drug-likeness (QED) is 0.489. The Morgan fingerprint density at radius 2 is 1.81 bits per heavy atom. The molecule has 0 bridgehead atoms. The van der Waals surface area contributed by atoms with Crippen molar-refractivity contribution in [3.8, 4) is 23.1 Å². The van der Waals surface area contributed by atoms with Crippen molar-refractivity contribution in [3.05, 3.63) is 73.0 Å². The van der Waals surface area contributed by atoms with Gasteiger partial charge in [-0.05, 0) is 42.5 Å². The number of carbonyl (C=O) groups excluding carboxylic acids is 1. The van der Waals surface area contributed by atoms with Crippen molar-refractivity contribution in [3.63, 3.8) is 0 Å². The molecule has 134 valence electrons. The molecule has 27 heavy (non-hydrogen) atoms. The lowest BCUT2D eigenvalue weighted by atomic mass is 10.2. The molecule has 0 saturated heterocycles. The maximum Gasteiger partial charge on any atom is 0.283 e. The molecule has 6 nitrogen and oxygen atoms in total. The number of carbonyl (C=O) groups is 1. The van der Waals surface area contributed by atoms with Gasteiger partial charge in [0, 0.05) is 16.1 Å². The first-order valence-electron chi connectivity index (χ1n) is 8.23. The Labute approximate surface area is 159 Å². The van der Waals surface area contributed by atoms with Crippen molar-refractivity contribution in [2.45, 2.75) is 4.90 Å². The maximum absolute atomic E-state index is 12.2. The summed E-state index contributed by atoms with van der Waals surface area (Å²) in [4.78, 5) is 13.3. The van der Waals surface area contributed by atoms with Crippen LogP contribution < -0.4 is 5.32 Å². The fraction of sp³-hybridized carbons (Fsp3) is 0.0500. The number of aromatic nitrogens is 2. The third kappa shape index (κ3) is 4.27. The molecular formula is C20H15N3O3S. The van der Waals surface area contributed by atoms with Crippen LogP contribution in [0.4, 0.5) is 5.69 Å². The van der Waals surface area contributed by atoms with Gasteiger partial charge in [-0.15, -0.1) is 22.0 Å². The molecule has 2 aromatic heterocycles. The van der Waals surface area contributed by atoms with Gasteiger partial charge in [0.2, 0.25) is 11.8 Å². The highest BCUT2D eigenvalue weighted by Gasteiger charge is 2.13. The summed E-state index contributed by atoms with van der Waals surface area (Å²) in [5.41, 5.74) is 1.39. The van der Waals surface area contributed by atoms with E-state index in [1.165, 1.54) is 11.8 Å². The summed E-state index contributed by atoms with van der Waals surface area (Å²) in [6.45, 7) is 0. The summed E-state index contributed by atoms with van der Waals surface area (Å²) < 4.78 is 10.9. The Balaban J connectivity index is 1.42. The molecular weight excluding hydrogens is 362 g/mol. The number of anilines is 1. The number of thioether (sulfide) groups is 1. The predicted octanol–water partition coefficient (Wildman–Crippen LogP) is 4.73. The summed E-state index contributed by atoms with van der Waals surface area (Å²) in [6.07, 6.45) is 1.54. The van der Waals surface area contributed by atoms with Crippen LogP contribution in [0.1, 0.15) is 0 Å². The molecule has 4 aromatic rings. The van der Waals surface area contributed by atoms with Gasteiger partial charge < -0.3 is 14.2 Å². The first-order chi connectivity index (χ1) is 13.3. The molecule has 0 spiro atoms. The van der Waals surface area contributed by atoms with E-state index in [1.54, 1.807) is 24.5 Å². The highest BCUT2D eigenvalue weighted by atomic mass is 32.2. The summed E-state index contributed by atoms with van der Waals surface area (Å²) in [5.74, 6) is 1.43. The minimum atomic E-state index is -0.0807. The van der Waals surface area contributed by atoms with Gasteiger partial charge in [-0.1, -0.05) is 24.3 Å². The Kier molecular flexibility index (Phi) is 5.02. The molecule has 2 aromatic carbocycles. The SMILES string of the molecule is O=C(CSc1ccccc1)Nc1cccc(-c2nnc(-c3ccco3)o2)c1. The average Bonchev–Trinajstić information content (AvgIpc) is 3.39. The van der Waals surface area contributed by atoms with Gasteiger partial charge in [0.05, 0.1) is 12.0 Å². The van der Waals surface area contributed by atoms with Crippen LogP contribution in [0.5, 0.6) is 0 Å². The van der Waals surface area contributed by atoms with Crippen LogP contribution in [0.2, 0.25) is 0 Å². The lowest BCUT2D eigenvalue weighted by molar-refractivity contribution is -0.113. The molecule has 0 unspecified atom stereocenters. The van der Waals surface area contributed by atoms with E-state index in [0.717, 1.165) is 4.90 Å². The highest BCUT2D eigenvalue weighted by Crippen LogP contribution is 2.26. The van der Waals surface area contributed by atoms with E-state index in [4.69, 9.17) is 8.83 Å². The third-order valence-corrected chi connectivity index (χ3v) is 4.68. The van der Waals surface area contributed by atoms with Gasteiger partial charge >= 0.3 is 0 Å². The third-order valence-electron chi connectivity index (χ3n) is 3.66. The van der Waals surface area contributed by atoms with Gasteiger partial charge in [-0.25, -0.2) is 0 Å². The Hall–Kier alpha value is -3.32. The molecule has 0 aliphatic rings. The number of nitrogens with one attached hydrogen (secondary N) is 1. The molecule has 0 saturated carbocycles. The van der Waals surface area contributed by atoms with E-state index in [9.17, 15) is 4.79 Å². The van der Waals surface area contributed by atoms with Crippen molar-refractivity contribution >= 4 is 23.4 Å². The van der Waals surface area contributed by atoms with Gasteiger partial charge in [0.15, 0.2) is 5.76 Å². The summed E-state index contributed by atoms with van der Waals surface area (Å²) in [6, 6.07) is 20.6. The molecule has 4 rings (SSSR count). The van der Waals surface area contributed by atoms with Gasteiger partial charge in [-0.2, -0.15) is 0 Å². The van der Waals surface area contributed by atoms with Crippen LogP contribution in [0.25, 0.3) is 23.1 Å². The topological polar surface area (TPSA) is 81.2 Å². The molecule has 0 fully saturated rings. The van der Waals surface area contributed by atoms with Crippen LogP contribution in [0.3, 0.4) is 0 Å². The van der Waals surface area contributed by atoms with Gasteiger partial charge in [0.25, 0.3) is 5.89 Å². The Morgan fingerprint density at radius 3 is 2.63 bits per heavy atom. The number of amides is 1. The smallest absolute Gasteiger partial charge is 0.283 e. The zero-order chi connectivity index (χ0) is 18.5. The first-order valence-corrected chi connectivity index (χ1v) is 9.22. The van der Waals surface area contributed by atoms with Crippen LogP contribution in [0.15, 0.2) is 86.7 Å². The van der Waals surface area contributed by atoms with Crippen molar-refractivity contribution in [1.82, 2.24) is 10.2 Å². The van der Waals surface area contributed by atoms with E-state index in [0.29, 0.717) is 34.5 Å². The molecule has 1 amide bonds. The van der Waals surface area contributed by atoms with E-state index >= 15 is 0 Å². The number of benzene rings is 2. The molecule has 0 atom stereocenters. The van der Waals surface area contributed by atoms with Crippen molar-refractivity contribution in [1.29, 1.82) is 0 Å². The number of hydrogen-bond donors (Lipinski definition) is 1. The second-order valence-electron chi connectivity index (χ2n) is 5.62. The molecule has 0 aliphatic carbocycles. The fourth-order valence-corrected chi connectivity index (χ4v) is 3.15. The van der Waals surface area contributed by atoms with Gasteiger partial charge in [0.1, 0.15) is 0 Å². The molecule has 0 aliphatic heterocycles. The average molecular weight is 377 g/mol. The van der Waals surface area contributed by atoms with E-state index < -0.39 is 0 Å².